The van der Waals surface area contributed by atoms with Crippen LogP contribution in [0.4, 0.5) is 0 Å². The van der Waals surface area contributed by atoms with Crippen LogP contribution >= 0.6 is 15.9 Å². The maximum absolute atomic E-state index is 5.57. The van der Waals surface area contributed by atoms with E-state index in [1.54, 1.807) is 7.11 Å². The second kappa shape index (κ2) is 8.50. The van der Waals surface area contributed by atoms with Crippen molar-refractivity contribution < 1.29 is 9.47 Å². The summed E-state index contributed by atoms with van der Waals surface area (Å²) in [5, 5.41) is 3.37. The molecule has 1 rings (SSSR count). The molecule has 0 spiro atoms. The van der Waals surface area contributed by atoms with Gasteiger partial charge in [0.25, 0.3) is 0 Å². The van der Waals surface area contributed by atoms with Gasteiger partial charge in [0.05, 0.1) is 11.1 Å². The first-order valence-electron chi connectivity index (χ1n) is 5.88. The van der Waals surface area contributed by atoms with Gasteiger partial charge in [0.2, 0.25) is 0 Å². The number of methoxy groups -OCH3 is 1. The summed E-state index contributed by atoms with van der Waals surface area (Å²) in [5.74, 6) is 0.862. The SMILES string of the molecule is CCCNCc1ccc(OCCOC)c(Br)c1. The van der Waals surface area contributed by atoms with Crippen LogP contribution in [0.5, 0.6) is 5.75 Å². The Labute approximate surface area is 112 Å². The van der Waals surface area contributed by atoms with Crippen LogP contribution in [0.2, 0.25) is 0 Å². The number of hydrogen-bond donors (Lipinski definition) is 1. The van der Waals surface area contributed by atoms with E-state index in [2.05, 4.69) is 40.3 Å². The highest BCUT2D eigenvalue weighted by atomic mass is 79.9. The van der Waals surface area contributed by atoms with Crippen LogP contribution in [0.15, 0.2) is 22.7 Å². The number of halogens is 1. The lowest BCUT2D eigenvalue weighted by atomic mass is 10.2. The molecule has 0 bridgehead atoms. The van der Waals surface area contributed by atoms with Gasteiger partial charge >= 0.3 is 0 Å². The summed E-state index contributed by atoms with van der Waals surface area (Å²) in [5.41, 5.74) is 1.25. The van der Waals surface area contributed by atoms with Crippen LogP contribution in [0.3, 0.4) is 0 Å². The lowest BCUT2D eigenvalue weighted by Gasteiger charge is -2.09. The number of hydrogen-bond acceptors (Lipinski definition) is 3. The third kappa shape index (κ3) is 5.52. The summed E-state index contributed by atoms with van der Waals surface area (Å²) in [4.78, 5) is 0. The Morgan fingerprint density at radius 3 is 2.76 bits per heavy atom. The van der Waals surface area contributed by atoms with Crippen molar-refractivity contribution in [1.29, 1.82) is 0 Å². The van der Waals surface area contributed by atoms with E-state index in [1.807, 2.05) is 6.07 Å². The number of ether oxygens (including phenoxy) is 2. The Morgan fingerprint density at radius 2 is 2.12 bits per heavy atom. The Balaban J connectivity index is 2.47. The van der Waals surface area contributed by atoms with Crippen LogP contribution in [0.1, 0.15) is 18.9 Å². The molecule has 0 atom stereocenters. The molecule has 17 heavy (non-hydrogen) atoms. The smallest absolute Gasteiger partial charge is 0.133 e. The highest BCUT2D eigenvalue weighted by Crippen LogP contribution is 2.25. The van der Waals surface area contributed by atoms with Crippen molar-refractivity contribution in [2.45, 2.75) is 19.9 Å². The molecule has 1 N–H and O–H groups in total. The fourth-order valence-corrected chi connectivity index (χ4v) is 1.96. The van der Waals surface area contributed by atoms with Crippen LogP contribution < -0.4 is 10.1 Å². The van der Waals surface area contributed by atoms with Gasteiger partial charge in [-0.15, -0.1) is 0 Å². The van der Waals surface area contributed by atoms with E-state index in [9.17, 15) is 0 Å². The maximum Gasteiger partial charge on any atom is 0.133 e. The summed E-state index contributed by atoms with van der Waals surface area (Å²) < 4.78 is 11.5. The predicted molar refractivity (Wildman–Crippen MR) is 73.5 cm³/mol. The second-order valence-corrected chi connectivity index (χ2v) is 4.64. The zero-order valence-electron chi connectivity index (χ0n) is 10.5. The zero-order chi connectivity index (χ0) is 12.5. The highest BCUT2D eigenvalue weighted by Gasteiger charge is 2.02. The first kappa shape index (κ1) is 14.5. The molecule has 0 unspecified atom stereocenters. The van der Waals surface area contributed by atoms with E-state index in [1.165, 1.54) is 5.56 Å². The summed E-state index contributed by atoms with van der Waals surface area (Å²) in [6, 6.07) is 6.16. The molecule has 0 aromatic heterocycles. The zero-order valence-corrected chi connectivity index (χ0v) is 12.0. The molecule has 0 amide bonds. The summed E-state index contributed by atoms with van der Waals surface area (Å²) in [7, 11) is 1.67. The van der Waals surface area contributed by atoms with Gasteiger partial charge in [-0.25, -0.2) is 0 Å². The van der Waals surface area contributed by atoms with Gasteiger partial charge in [0, 0.05) is 13.7 Å². The van der Waals surface area contributed by atoms with Gasteiger partial charge in [-0.05, 0) is 46.6 Å². The van der Waals surface area contributed by atoms with Crippen molar-refractivity contribution in [3.8, 4) is 5.75 Å². The van der Waals surface area contributed by atoms with Gasteiger partial charge in [-0.1, -0.05) is 13.0 Å². The molecule has 96 valence electrons. The van der Waals surface area contributed by atoms with Gasteiger partial charge in [0.15, 0.2) is 0 Å². The van der Waals surface area contributed by atoms with E-state index >= 15 is 0 Å². The van der Waals surface area contributed by atoms with E-state index in [4.69, 9.17) is 9.47 Å². The molecule has 4 heteroatoms. The summed E-state index contributed by atoms with van der Waals surface area (Å²) in [6.07, 6.45) is 1.15. The third-order valence-corrected chi connectivity index (χ3v) is 2.92. The van der Waals surface area contributed by atoms with E-state index in [0.29, 0.717) is 13.2 Å². The Morgan fingerprint density at radius 1 is 1.29 bits per heavy atom. The van der Waals surface area contributed by atoms with Crippen LogP contribution in [0, 0.1) is 0 Å². The molecule has 0 heterocycles. The predicted octanol–water partition coefficient (Wildman–Crippen LogP) is 2.97. The average molecular weight is 302 g/mol. The first-order valence-corrected chi connectivity index (χ1v) is 6.68. The lowest BCUT2D eigenvalue weighted by Crippen LogP contribution is -2.13. The van der Waals surface area contributed by atoms with Gasteiger partial charge < -0.3 is 14.8 Å². The molecule has 0 saturated carbocycles. The Bertz CT molecular complexity index is 331. The molecule has 0 radical (unpaired) electrons. The van der Waals surface area contributed by atoms with Crippen LogP contribution in [-0.2, 0) is 11.3 Å². The molecule has 1 aromatic rings. The highest BCUT2D eigenvalue weighted by molar-refractivity contribution is 9.10. The van der Waals surface area contributed by atoms with Gasteiger partial charge in [-0.3, -0.25) is 0 Å². The van der Waals surface area contributed by atoms with Gasteiger partial charge in [-0.2, -0.15) is 0 Å². The summed E-state index contributed by atoms with van der Waals surface area (Å²) >= 11 is 3.51. The largest absolute Gasteiger partial charge is 0.490 e. The van der Waals surface area contributed by atoms with Crippen LogP contribution in [-0.4, -0.2) is 26.9 Å². The molecule has 0 aliphatic rings. The number of nitrogens with one attached hydrogen (secondary N) is 1. The third-order valence-electron chi connectivity index (χ3n) is 2.30. The van der Waals surface area contributed by atoms with E-state index in [-0.39, 0.29) is 0 Å². The lowest BCUT2D eigenvalue weighted by molar-refractivity contribution is 0.146. The van der Waals surface area contributed by atoms with Crippen molar-refractivity contribution in [2.75, 3.05) is 26.9 Å². The normalized spacial score (nSPS) is 10.5. The molecule has 0 saturated heterocycles. The number of rotatable bonds is 8. The minimum atomic E-state index is 0.572. The molecular weight excluding hydrogens is 282 g/mol. The Hall–Kier alpha value is -0.580. The Kier molecular flexibility index (Phi) is 7.24. The van der Waals surface area contributed by atoms with E-state index in [0.717, 1.165) is 29.7 Å². The van der Waals surface area contributed by atoms with Crippen molar-refractivity contribution in [3.63, 3.8) is 0 Å². The maximum atomic E-state index is 5.57. The topological polar surface area (TPSA) is 30.5 Å². The number of benzene rings is 1. The molecule has 1 aromatic carbocycles. The fourth-order valence-electron chi connectivity index (χ4n) is 1.42. The molecule has 0 aliphatic heterocycles. The van der Waals surface area contributed by atoms with E-state index < -0.39 is 0 Å². The standard InChI is InChI=1S/C13H20BrNO2/c1-3-6-15-10-11-4-5-13(12(14)9-11)17-8-7-16-2/h4-5,9,15H,3,6-8,10H2,1-2H3. The molecular formula is C13H20BrNO2. The van der Waals surface area contributed by atoms with Crippen molar-refractivity contribution in [2.24, 2.45) is 0 Å². The van der Waals surface area contributed by atoms with Gasteiger partial charge in [0.1, 0.15) is 12.4 Å². The quantitative estimate of drug-likeness (QED) is 0.749. The molecule has 0 aliphatic carbocycles. The first-order chi connectivity index (χ1) is 8.27. The summed E-state index contributed by atoms with van der Waals surface area (Å²) in [6.45, 7) is 5.28. The molecule has 3 nitrogen and oxygen atoms in total. The minimum Gasteiger partial charge on any atom is -0.490 e. The van der Waals surface area contributed by atoms with Crippen molar-refractivity contribution >= 4 is 15.9 Å². The second-order valence-electron chi connectivity index (χ2n) is 3.78. The van der Waals surface area contributed by atoms with Crippen molar-refractivity contribution in [1.82, 2.24) is 5.32 Å². The van der Waals surface area contributed by atoms with Crippen LogP contribution in [0.25, 0.3) is 0 Å². The molecule has 0 fully saturated rings. The van der Waals surface area contributed by atoms with Crippen molar-refractivity contribution in [3.05, 3.63) is 28.2 Å². The minimum absolute atomic E-state index is 0.572. The average Bonchev–Trinajstić information content (AvgIpc) is 2.32. The fraction of sp³-hybridized carbons (Fsp3) is 0.538. The monoisotopic (exact) mass is 301 g/mol.